The molecule has 1 aliphatic carbocycles. The third-order valence-electron chi connectivity index (χ3n) is 2.76. The fourth-order valence-electron chi connectivity index (χ4n) is 1.77. The first-order valence-corrected chi connectivity index (χ1v) is 4.43. The van der Waals surface area contributed by atoms with Crippen molar-refractivity contribution in [1.29, 1.82) is 0 Å². The molecule has 0 spiro atoms. The predicted molar refractivity (Wildman–Crippen MR) is 59.9 cm³/mol. The number of phenols is 2. The van der Waals surface area contributed by atoms with Crippen LogP contribution in [0.3, 0.4) is 0 Å². The Morgan fingerprint density at radius 1 is 1.21 bits per heavy atom. The lowest BCUT2D eigenvalue weighted by molar-refractivity contribution is 0.245. The summed E-state index contributed by atoms with van der Waals surface area (Å²) >= 11 is 0. The van der Waals surface area contributed by atoms with Crippen LogP contribution in [0.2, 0.25) is 0 Å². The number of hydrogen-bond donors (Lipinski definition) is 3. The minimum Gasteiger partial charge on any atom is -0.508 e. The monoisotopic (exact) mass is 213 g/mol. The van der Waals surface area contributed by atoms with Crippen molar-refractivity contribution in [2.24, 2.45) is 5.73 Å². The van der Waals surface area contributed by atoms with Gasteiger partial charge < -0.3 is 15.9 Å². The van der Waals surface area contributed by atoms with Gasteiger partial charge in [-0.15, -0.1) is 0 Å². The number of aromatic hydroxyl groups is 2. The van der Waals surface area contributed by atoms with E-state index < -0.39 is 0 Å². The highest BCUT2D eigenvalue weighted by molar-refractivity contribution is 7.59. The summed E-state index contributed by atoms with van der Waals surface area (Å²) in [6.45, 7) is 0. The van der Waals surface area contributed by atoms with Crippen LogP contribution in [0.1, 0.15) is 24.8 Å². The van der Waals surface area contributed by atoms with Crippen molar-refractivity contribution >= 4 is 13.5 Å². The minimum atomic E-state index is -0.363. The quantitative estimate of drug-likeness (QED) is 0.663. The summed E-state index contributed by atoms with van der Waals surface area (Å²) in [6.07, 6.45) is 2.92. The molecule has 1 aliphatic rings. The van der Waals surface area contributed by atoms with Gasteiger partial charge in [0, 0.05) is 17.2 Å². The normalized spacial score (nSPS) is 18.1. The highest BCUT2D eigenvalue weighted by atomic mass is 32.1. The number of rotatable bonds is 1. The van der Waals surface area contributed by atoms with Crippen LogP contribution in [0.5, 0.6) is 11.5 Å². The zero-order valence-corrected chi connectivity index (χ0v) is 8.83. The third-order valence-corrected chi connectivity index (χ3v) is 2.76. The van der Waals surface area contributed by atoms with Crippen LogP contribution in [-0.4, -0.2) is 10.2 Å². The molecule has 78 valence electrons. The van der Waals surface area contributed by atoms with Gasteiger partial charge in [0.25, 0.3) is 0 Å². The fourth-order valence-corrected chi connectivity index (χ4v) is 1.77. The van der Waals surface area contributed by atoms with E-state index in [0.29, 0.717) is 0 Å². The van der Waals surface area contributed by atoms with Gasteiger partial charge in [-0.05, 0) is 31.4 Å². The van der Waals surface area contributed by atoms with Crippen molar-refractivity contribution in [2.75, 3.05) is 0 Å². The molecule has 0 radical (unpaired) electrons. The Kier molecular flexibility index (Phi) is 2.97. The van der Waals surface area contributed by atoms with E-state index in [-0.39, 0.29) is 30.5 Å². The lowest BCUT2D eigenvalue weighted by Crippen LogP contribution is -2.43. The van der Waals surface area contributed by atoms with E-state index in [4.69, 9.17) is 10.8 Å². The number of hydrogen-bond acceptors (Lipinski definition) is 3. The fraction of sp³-hybridized carbons (Fsp3) is 0.400. The Balaban J connectivity index is 0.000000980. The van der Waals surface area contributed by atoms with Crippen LogP contribution in [0, 0.1) is 0 Å². The van der Waals surface area contributed by atoms with E-state index in [0.717, 1.165) is 24.8 Å². The zero-order valence-electron chi connectivity index (χ0n) is 7.83. The van der Waals surface area contributed by atoms with Gasteiger partial charge in [0.1, 0.15) is 11.5 Å². The molecule has 1 saturated carbocycles. The lowest BCUT2D eigenvalue weighted by Gasteiger charge is -2.38. The Hall–Kier alpha value is -0.870. The maximum absolute atomic E-state index is 9.55. The van der Waals surface area contributed by atoms with Crippen molar-refractivity contribution in [3.8, 4) is 11.5 Å². The highest BCUT2D eigenvalue weighted by Gasteiger charge is 2.36. The number of nitrogens with two attached hydrogens (primary N) is 1. The Labute approximate surface area is 90.0 Å². The Bertz CT molecular complexity index is 337. The Morgan fingerprint density at radius 2 is 1.86 bits per heavy atom. The molecule has 1 fully saturated rings. The molecule has 14 heavy (non-hydrogen) atoms. The molecule has 0 aromatic heterocycles. The highest BCUT2D eigenvalue weighted by Crippen LogP contribution is 2.43. The van der Waals surface area contributed by atoms with Crippen molar-refractivity contribution in [3.63, 3.8) is 0 Å². The predicted octanol–water partition coefficient (Wildman–Crippen LogP) is 1.55. The van der Waals surface area contributed by atoms with Crippen LogP contribution < -0.4 is 5.73 Å². The van der Waals surface area contributed by atoms with Gasteiger partial charge in [-0.1, -0.05) is 0 Å². The SMILES string of the molecule is NC1(c2ccc(O)cc2O)CCC1.S. The summed E-state index contributed by atoms with van der Waals surface area (Å²) in [4.78, 5) is 0. The van der Waals surface area contributed by atoms with Gasteiger partial charge in [-0.2, -0.15) is 13.5 Å². The third kappa shape index (κ3) is 1.67. The molecule has 0 amide bonds. The van der Waals surface area contributed by atoms with Crippen LogP contribution in [0.4, 0.5) is 0 Å². The maximum atomic E-state index is 9.55. The van der Waals surface area contributed by atoms with E-state index >= 15 is 0 Å². The maximum Gasteiger partial charge on any atom is 0.124 e. The summed E-state index contributed by atoms with van der Waals surface area (Å²) in [5, 5.41) is 18.6. The summed E-state index contributed by atoms with van der Waals surface area (Å²) in [5.74, 6) is 0.173. The lowest BCUT2D eigenvalue weighted by atomic mass is 9.72. The van der Waals surface area contributed by atoms with E-state index in [2.05, 4.69) is 0 Å². The van der Waals surface area contributed by atoms with E-state index in [1.165, 1.54) is 6.07 Å². The van der Waals surface area contributed by atoms with E-state index in [9.17, 15) is 5.11 Å². The zero-order chi connectivity index (χ0) is 9.47. The van der Waals surface area contributed by atoms with Crippen molar-refractivity contribution in [2.45, 2.75) is 24.8 Å². The van der Waals surface area contributed by atoms with E-state index in [1.807, 2.05) is 0 Å². The summed E-state index contributed by atoms with van der Waals surface area (Å²) in [6, 6.07) is 4.59. The van der Waals surface area contributed by atoms with Crippen molar-refractivity contribution in [1.82, 2.24) is 0 Å². The molecule has 0 unspecified atom stereocenters. The van der Waals surface area contributed by atoms with Gasteiger partial charge >= 0.3 is 0 Å². The second-order valence-corrected chi connectivity index (χ2v) is 3.71. The molecular weight excluding hydrogens is 198 g/mol. The van der Waals surface area contributed by atoms with Crippen LogP contribution >= 0.6 is 13.5 Å². The first kappa shape index (κ1) is 11.2. The van der Waals surface area contributed by atoms with Gasteiger partial charge in [-0.25, -0.2) is 0 Å². The molecule has 0 aliphatic heterocycles. The molecule has 1 aromatic rings. The molecule has 0 atom stereocenters. The second-order valence-electron chi connectivity index (χ2n) is 3.71. The van der Waals surface area contributed by atoms with Crippen molar-refractivity contribution < 1.29 is 10.2 Å². The number of phenolic OH excluding ortho intramolecular Hbond substituents is 2. The average molecular weight is 213 g/mol. The molecular formula is C10H15NO2S. The largest absolute Gasteiger partial charge is 0.508 e. The molecule has 1 aromatic carbocycles. The van der Waals surface area contributed by atoms with E-state index in [1.54, 1.807) is 12.1 Å². The van der Waals surface area contributed by atoms with Gasteiger partial charge in [0.15, 0.2) is 0 Å². The average Bonchev–Trinajstić information content (AvgIpc) is 2.00. The molecule has 2 rings (SSSR count). The van der Waals surface area contributed by atoms with Crippen LogP contribution in [0.15, 0.2) is 18.2 Å². The Morgan fingerprint density at radius 3 is 2.29 bits per heavy atom. The second kappa shape index (κ2) is 3.71. The standard InChI is InChI=1S/C10H13NO2.H2S/c11-10(4-1-5-10)8-3-2-7(12)6-9(8)13;/h2-3,6,12-13H,1,4-5,11H2;1H2. The summed E-state index contributed by atoms with van der Waals surface area (Å²) < 4.78 is 0. The first-order valence-electron chi connectivity index (χ1n) is 4.43. The molecule has 0 saturated heterocycles. The van der Waals surface area contributed by atoms with Crippen LogP contribution in [0.25, 0.3) is 0 Å². The first-order chi connectivity index (χ1) is 6.12. The molecule has 4 N–H and O–H groups in total. The van der Waals surface area contributed by atoms with Crippen LogP contribution in [-0.2, 0) is 5.54 Å². The number of benzene rings is 1. The van der Waals surface area contributed by atoms with Gasteiger partial charge in [0.05, 0.1) is 0 Å². The van der Waals surface area contributed by atoms with Gasteiger partial charge in [-0.3, -0.25) is 0 Å². The summed E-state index contributed by atoms with van der Waals surface area (Å²) in [5.41, 5.74) is 6.42. The molecule has 3 nitrogen and oxygen atoms in total. The molecule has 0 bridgehead atoms. The molecule has 0 heterocycles. The van der Waals surface area contributed by atoms with Crippen molar-refractivity contribution in [3.05, 3.63) is 23.8 Å². The summed E-state index contributed by atoms with van der Waals surface area (Å²) in [7, 11) is 0. The minimum absolute atomic E-state index is 0. The van der Waals surface area contributed by atoms with Gasteiger partial charge in [0.2, 0.25) is 0 Å². The topological polar surface area (TPSA) is 66.5 Å². The molecule has 4 heteroatoms. The smallest absolute Gasteiger partial charge is 0.124 e.